The smallest absolute Gasteiger partial charge is 0.310 e. The van der Waals surface area contributed by atoms with Crippen molar-refractivity contribution in [2.75, 3.05) is 25.0 Å². The van der Waals surface area contributed by atoms with E-state index in [2.05, 4.69) is 34.5 Å². The van der Waals surface area contributed by atoms with Crippen LogP contribution < -0.4 is 5.32 Å². The zero-order valence-electron chi connectivity index (χ0n) is 16.4. The van der Waals surface area contributed by atoms with Gasteiger partial charge in [-0.2, -0.15) is 0 Å². The number of carbonyl (C=O) groups is 2. The number of ether oxygens (including phenoxy) is 1. The summed E-state index contributed by atoms with van der Waals surface area (Å²) in [6.45, 7) is 4.87. The van der Waals surface area contributed by atoms with Gasteiger partial charge in [0.1, 0.15) is 0 Å². The summed E-state index contributed by atoms with van der Waals surface area (Å²) >= 11 is 0. The van der Waals surface area contributed by atoms with E-state index in [0.29, 0.717) is 6.61 Å². The molecule has 0 bridgehead atoms. The molecule has 1 saturated heterocycles. The Bertz CT molecular complexity index is 774. The molecule has 3 rings (SSSR count). The number of likely N-dealkylation sites (tertiary alicyclic amines) is 1. The molecule has 1 heterocycles. The van der Waals surface area contributed by atoms with Crippen LogP contribution in [0.2, 0.25) is 0 Å². The number of anilines is 1. The van der Waals surface area contributed by atoms with Gasteiger partial charge in [-0.25, -0.2) is 0 Å². The highest BCUT2D eigenvalue weighted by Crippen LogP contribution is 2.21. The normalized spacial score (nSPS) is 17.1. The summed E-state index contributed by atoms with van der Waals surface area (Å²) in [5, 5.41) is 3.02. The molecule has 2 aromatic rings. The van der Waals surface area contributed by atoms with Crippen LogP contribution >= 0.6 is 0 Å². The Morgan fingerprint density at radius 1 is 1.07 bits per heavy atom. The maximum absolute atomic E-state index is 12.7. The fraction of sp³-hybridized carbons (Fsp3) is 0.391. The van der Waals surface area contributed by atoms with Gasteiger partial charge in [-0.15, -0.1) is 0 Å². The molecule has 5 heteroatoms. The van der Waals surface area contributed by atoms with Crippen LogP contribution in [0, 0.1) is 5.92 Å². The molecule has 0 spiro atoms. The summed E-state index contributed by atoms with van der Waals surface area (Å²) < 4.78 is 4.96. The first kappa shape index (κ1) is 20.1. The summed E-state index contributed by atoms with van der Waals surface area (Å²) in [6, 6.07) is 17.8. The van der Waals surface area contributed by atoms with E-state index in [1.807, 2.05) is 30.3 Å². The van der Waals surface area contributed by atoms with Crippen molar-refractivity contribution in [1.29, 1.82) is 0 Å². The number of nitrogens with zero attached hydrogens (tertiary/aromatic N) is 1. The second-order valence-electron chi connectivity index (χ2n) is 7.23. The Balaban J connectivity index is 1.51. The molecular formula is C23H28N2O3. The van der Waals surface area contributed by atoms with E-state index in [4.69, 9.17) is 4.74 Å². The predicted octanol–water partition coefficient (Wildman–Crippen LogP) is 3.64. The molecule has 0 aromatic heterocycles. The molecule has 1 fully saturated rings. The lowest BCUT2D eigenvalue weighted by molar-refractivity contribution is -0.142. The Morgan fingerprint density at radius 3 is 2.54 bits per heavy atom. The van der Waals surface area contributed by atoms with Crippen LogP contribution in [0.3, 0.4) is 0 Å². The van der Waals surface area contributed by atoms with Crippen LogP contribution in [-0.4, -0.2) is 36.5 Å². The molecular weight excluding hydrogens is 352 g/mol. The molecule has 1 aliphatic rings. The fourth-order valence-electron chi connectivity index (χ4n) is 3.58. The Kier molecular flexibility index (Phi) is 7.20. The highest BCUT2D eigenvalue weighted by atomic mass is 16.5. The topological polar surface area (TPSA) is 58.6 Å². The van der Waals surface area contributed by atoms with Gasteiger partial charge in [0.2, 0.25) is 5.91 Å². The van der Waals surface area contributed by atoms with E-state index >= 15 is 0 Å². The Labute approximate surface area is 166 Å². The lowest BCUT2D eigenvalue weighted by Gasteiger charge is -2.32. The number of amides is 1. The number of hydrogen-bond acceptors (Lipinski definition) is 4. The van der Waals surface area contributed by atoms with Crippen LogP contribution in [0.15, 0.2) is 54.6 Å². The number of nitrogens with one attached hydrogen (secondary N) is 1. The molecule has 2 aromatic carbocycles. The van der Waals surface area contributed by atoms with E-state index in [1.165, 1.54) is 5.56 Å². The van der Waals surface area contributed by atoms with Crippen LogP contribution in [-0.2, 0) is 27.3 Å². The minimum Gasteiger partial charge on any atom is -0.466 e. The van der Waals surface area contributed by atoms with E-state index in [1.54, 1.807) is 6.92 Å². The highest BCUT2D eigenvalue weighted by molar-refractivity contribution is 5.92. The second-order valence-corrected chi connectivity index (χ2v) is 7.23. The molecule has 0 radical (unpaired) electrons. The SMILES string of the molecule is CCOC(=O)Cc1ccc(NC(=O)[C@@H]2CCCN(Cc3ccccc3)C2)cc1. The standard InChI is InChI=1S/C23H28N2O3/c1-2-28-22(26)15-18-10-12-21(13-11-18)24-23(27)20-9-6-14-25(17-20)16-19-7-4-3-5-8-19/h3-5,7-8,10-13,20H,2,6,9,14-17H2,1H3,(H,24,27)/t20-/m1/s1. The molecule has 0 saturated carbocycles. The molecule has 5 nitrogen and oxygen atoms in total. The van der Waals surface area contributed by atoms with Crippen molar-refractivity contribution >= 4 is 17.6 Å². The second kappa shape index (κ2) is 10.0. The van der Waals surface area contributed by atoms with Gasteiger partial charge in [0.05, 0.1) is 18.9 Å². The fourth-order valence-corrected chi connectivity index (χ4v) is 3.58. The monoisotopic (exact) mass is 380 g/mol. The van der Waals surface area contributed by atoms with Crippen LogP contribution in [0.4, 0.5) is 5.69 Å². The molecule has 1 aliphatic heterocycles. The largest absolute Gasteiger partial charge is 0.466 e. The van der Waals surface area contributed by atoms with E-state index in [0.717, 1.165) is 43.7 Å². The van der Waals surface area contributed by atoms with Crippen molar-refractivity contribution in [1.82, 2.24) is 4.90 Å². The molecule has 1 amide bonds. The number of benzene rings is 2. The quantitative estimate of drug-likeness (QED) is 0.745. The van der Waals surface area contributed by atoms with Crippen molar-refractivity contribution in [3.8, 4) is 0 Å². The summed E-state index contributed by atoms with van der Waals surface area (Å²) in [4.78, 5) is 26.6. The number of piperidine rings is 1. The first-order valence-corrected chi connectivity index (χ1v) is 9.95. The van der Waals surface area contributed by atoms with Crippen molar-refractivity contribution in [3.63, 3.8) is 0 Å². The van der Waals surface area contributed by atoms with Gasteiger partial charge in [0.25, 0.3) is 0 Å². The number of rotatable bonds is 7. The molecule has 28 heavy (non-hydrogen) atoms. The third-order valence-corrected chi connectivity index (χ3v) is 5.00. The third kappa shape index (κ3) is 5.92. The average Bonchev–Trinajstić information content (AvgIpc) is 2.70. The lowest BCUT2D eigenvalue weighted by Crippen LogP contribution is -2.40. The summed E-state index contributed by atoms with van der Waals surface area (Å²) in [7, 11) is 0. The van der Waals surface area contributed by atoms with Crippen LogP contribution in [0.1, 0.15) is 30.9 Å². The minimum absolute atomic E-state index is 0.00308. The van der Waals surface area contributed by atoms with Crippen molar-refractivity contribution in [3.05, 3.63) is 65.7 Å². The van der Waals surface area contributed by atoms with Crippen molar-refractivity contribution < 1.29 is 14.3 Å². The van der Waals surface area contributed by atoms with Gasteiger partial charge in [-0.1, -0.05) is 42.5 Å². The molecule has 1 N–H and O–H groups in total. The number of hydrogen-bond donors (Lipinski definition) is 1. The zero-order chi connectivity index (χ0) is 19.8. The number of carbonyl (C=O) groups excluding carboxylic acids is 2. The minimum atomic E-state index is -0.236. The number of esters is 1. The summed E-state index contributed by atoms with van der Waals surface area (Å²) in [5.41, 5.74) is 2.92. The van der Waals surface area contributed by atoms with E-state index < -0.39 is 0 Å². The van der Waals surface area contributed by atoms with Crippen molar-refractivity contribution in [2.24, 2.45) is 5.92 Å². The lowest BCUT2D eigenvalue weighted by atomic mass is 9.96. The van der Waals surface area contributed by atoms with Crippen LogP contribution in [0.25, 0.3) is 0 Å². The highest BCUT2D eigenvalue weighted by Gasteiger charge is 2.25. The first-order chi connectivity index (χ1) is 13.6. The summed E-state index contributed by atoms with van der Waals surface area (Å²) in [6.07, 6.45) is 2.20. The molecule has 0 aliphatic carbocycles. The van der Waals surface area contributed by atoms with E-state index in [-0.39, 0.29) is 24.2 Å². The molecule has 0 unspecified atom stereocenters. The van der Waals surface area contributed by atoms with Gasteiger partial charge in [-0.05, 0) is 49.6 Å². The Morgan fingerprint density at radius 2 is 1.82 bits per heavy atom. The molecule has 1 atom stereocenters. The average molecular weight is 380 g/mol. The zero-order valence-corrected chi connectivity index (χ0v) is 16.4. The van der Waals surface area contributed by atoms with Crippen LogP contribution in [0.5, 0.6) is 0 Å². The van der Waals surface area contributed by atoms with Gasteiger partial charge in [-0.3, -0.25) is 14.5 Å². The van der Waals surface area contributed by atoms with Crippen molar-refractivity contribution in [2.45, 2.75) is 32.7 Å². The maximum atomic E-state index is 12.7. The third-order valence-electron chi connectivity index (χ3n) is 5.00. The van der Waals surface area contributed by atoms with Gasteiger partial charge in [0, 0.05) is 18.8 Å². The summed E-state index contributed by atoms with van der Waals surface area (Å²) in [5.74, 6) is -0.174. The van der Waals surface area contributed by atoms with Gasteiger partial charge >= 0.3 is 5.97 Å². The van der Waals surface area contributed by atoms with E-state index in [9.17, 15) is 9.59 Å². The Hall–Kier alpha value is -2.66. The maximum Gasteiger partial charge on any atom is 0.310 e. The first-order valence-electron chi connectivity index (χ1n) is 9.95. The predicted molar refractivity (Wildman–Crippen MR) is 110 cm³/mol. The molecule has 148 valence electrons. The van der Waals surface area contributed by atoms with Gasteiger partial charge in [0.15, 0.2) is 0 Å². The van der Waals surface area contributed by atoms with Gasteiger partial charge < -0.3 is 10.1 Å².